The van der Waals surface area contributed by atoms with Crippen molar-refractivity contribution in [2.75, 3.05) is 56.0 Å². The third-order valence-electron chi connectivity index (χ3n) is 6.64. The predicted molar refractivity (Wildman–Crippen MR) is 137 cm³/mol. The number of carbonyl (C=O) groups is 1. The molecule has 188 valence electrons. The number of halogens is 1. The van der Waals surface area contributed by atoms with Crippen molar-refractivity contribution in [2.24, 2.45) is 0 Å². The molecule has 2 aromatic rings. The van der Waals surface area contributed by atoms with Crippen molar-refractivity contribution in [2.45, 2.75) is 31.1 Å². The number of hydrogen-bond acceptors (Lipinski definition) is 5. The zero-order valence-electron chi connectivity index (χ0n) is 20.1. The highest BCUT2D eigenvalue weighted by Gasteiger charge is 2.28. The van der Waals surface area contributed by atoms with Crippen LogP contribution in [-0.4, -0.2) is 69.3 Å². The Morgan fingerprint density at radius 1 is 0.971 bits per heavy atom. The van der Waals surface area contributed by atoms with Crippen LogP contribution in [-0.2, 0) is 14.8 Å². The van der Waals surface area contributed by atoms with Gasteiger partial charge in [-0.3, -0.25) is 4.79 Å². The summed E-state index contributed by atoms with van der Waals surface area (Å²) < 4.78 is 41.2. The molecule has 0 aromatic heterocycles. The summed E-state index contributed by atoms with van der Waals surface area (Å²) in [6, 6.07) is 10.9. The fourth-order valence-electron chi connectivity index (χ4n) is 4.53. The van der Waals surface area contributed by atoms with Crippen molar-refractivity contribution in [1.82, 2.24) is 9.21 Å². The van der Waals surface area contributed by atoms with Crippen LogP contribution in [0, 0.1) is 5.82 Å². The van der Waals surface area contributed by atoms with Gasteiger partial charge in [-0.15, -0.1) is 0 Å². The van der Waals surface area contributed by atoms with Gasteiger partial charge < -0.3 is 15.1 Å². The van der Waals surface area contributed by atoms with Crippen LogP contribution in [0.2, 0.25) is 0 Å². The SMILES string of the molecule is CCN1CCN(c2ccc(S(=O)(=O)N3CCCCC3)cc2NC(=O)/C=C/c2ccc(F)cc2)CC1. The Hall–Kier alpha value is -2.75. The van der Waals surface area contributed by atoms with Gasteiger partial charge in [0.15, 0.2) is 0 Å². The number of nitrogens with zero attached hydrogens (tertiary/aromatic N) is 3. The summed E-state index contributed by atoms with van der Waals surface area (Å²) in [5.74, 6) is -0.721. The molecule has 0 atom stereocenters. The Morgan fingerprint density at radius 2 is 1.66 bits per heavy atom. The topological polar surface area (TPSA) is 73.0 Å². The maximum Gasteiger partial charge on any atom is 0.248 e. The van der Waals surface area contributed by atoms with Gasteiger partial charge in [0.05, 0.1) is 16.3 Å². The lowest BCUT2D eigenvalue weighted by Gasteiger charge is -2.36. The first kappa shape index (κ1) is 25.3. The molecule has 2 saturated heterocycles. The van der Waals surface area contributed by atoms with Crippen LogP contribution in [0.1, 0.15) is 31.7 Å². The number of carbonyl (C=O) groups excluding carboxylic acids is 1. The molecule has 2 aliphatic heterocycles. The minimum Gasteiger partial charge on any atom is -0.367 e. The Morgan fingerprint density at radius 3 is 2.31 bits per heavy atom. The van der Waals surface area contributed by atoms with E-state index in [2.05, 4.69) is 22.0 Å². The van der Waals surface area contributed by atoms with Crippen molar-refractivity contribution < 1.29 is 17.6 Å². The third-order valence-corrected chi connectivity index (χ3v) is 8.53. The average molecular weight is 501 g/mol. The van der Waals surface area contributed by atoms with E-state index < -0.39 is 10.0 Å². The first-order valence-electron chi connectivity index (χ1n) is 12.2. The number of piperidine rings is 1. The van der Waals surface area contributed by atoms with E-state index in [0.717, 1.165) is 57.7 Å². The van der Waals surface area contributed by atoms with Gasteiger partial charge in [-0.2, -0.15) is 4.31 Å². The van der Waals surface area contributed by atoms with Gasteiger partial charge in [0.2, 0.25) is 15.9 Å². The number of sulfonamides is 1. The molecule has 4 rings (SSSR count). The molecule has 35 heavy (non-hydrogen) atoms. The van der Waals surface area contributed by atoms with E-state index in [0.29, 0.717) is 24.3 Å². The van der Waals surface area contributed by atoms with Crippen LogP contribution in [0.25, 0.3) is 6.08 Å². The minimum absolute atomic E-state index is 0.188. The summed E-state index contributed by atoms with van der Waals surface area (Å²) >= 11 is 0. The standard InChI is InChI=1S/C26H33FN4O3S/c1-2-29-16-18-30(19-17-29)25-12-11-23(35(33,34)31-14-4-3-5-15-31)20-24(25)28-26(32)13-8-21-6-9-22(27)10-7-21/h6-13,20H,2-5,14-19H2,1H3,(H,28,32)/b13-8+. The molecule has 0 aliphatic carbocycles. The highest BCUT2D eigenvalue weighted by atomic mass is 32.2. The highest BCUT2D eigenvalue weighted by Crippen LogP contribution is 2.32. The van der Waals surface area contributed by atoms with Crippen molar-refractivity contribution in [3.05, 3.63) is 59.9 Å². The van der Waals surface area contributed by atoms with Crippen LogP contribution in [0.3, 0.4) is 0 Å². The first-order valence-corrected chi connectivity index (χ1v) is 13.7. The average Bonchev–Trinajstić information content (AvgIpc) is 2.89. The van der Waals surface area contributed by atoms with Crippen LogP contribution in [0.5, 0.6) is 0 Å². The first-order chi connectivity index (χ1) is 16.9. The van der Waals surface area contributed by atoms with Gasteiger partial charge in [0, 0.05) is 45.3 Å². The maximum absolute atomic E-state index is 13.3. The number of likely N-dealkylation sites (N-methyl/N-ethyl adjacent to an activating group) is 1. The normalized spacial score (nSPS) is 18.2. The van der Waals surface area contributed by atoms with Crippen molar-refractivity contribution in [3.8, 4) is 0 Å². The van der Waals surface area contributed by atoms with Crippen LogP contribution < -0.4 is 10.2 Å². The molecular formula is C26H33FN4O3S. The van der Waals surface area contributed by atoms with E-state index in [1.165, 1.54) is 22.5 Å². The molecule has 7 nitrogen and oxygen atoms in total. The second-order valence-corrected chi connectivity index (χ2v) is 10.9. The van der Waals surface area contributed by atoms with Crippen LogP contribution in [0.4, 0.5) is 15.8 Å². The molecule has 0 unspecified atom stereocenters. The molecule has 0 radical (unpaired) electrons. The Bertz CT molecular complexity index is 1150. The molecule has 2 heterocycles. The molecule has 2 fully saturated rings. The molecule has 1 amide bonds. The number of nitrogens with one attached hydrogen (secondary N) is 1. The molecule has 0 bridgehead atoms. The molecule has 0 saturated carbocycles. The number of rotatable bonds is 7. The maximum atomic E-state index is 13.3. The van der Waals surface area contributed by atoms with Crippen LogP contribution >= 0.6 is 0 Å². The number of amides is 1. The summed E-state index contributed by atoms with van der Waals surface area (Å²) in [4.78, 5) is 17.5. The van der Waals surface area contributed by atoms with Crippen molar-refractivity contribution >= 4 is 33.4 Å². The molecule has 2 aromatic carbocycles. The van der Waals surface area contributed by atoms with E-state index in [1.54, 1.807) is 36.4 Å². The van der Waals surface area contributed by atoms with Crippen molar-refractivity contribution in [3.63, 3.8) is 0 Å². The monoisotopic (exact) mass is 500 g/mol. The van der Waals surface area contributed by atoms with Gasteiger partial charge >= 0.3 is 0 Å². The van der Waals surface area contributed by atoms with Gasteiger partial charge in [-0.25, -0.2) is 12.8 Å². The highest BCUT2D eigenvalue weighted by molar-refractivity contribution is 7.89. The molecule has 0 spiro atoms. The third kappa shape index (κ3) is 6.28. The fourth-order valence-corrected chi connectivity index (χ4v) is 6.07. The molecule has 1 N–H and O–H groups in total. The Labute approximate surface area is 207 Å². The van der Waals surface area contributed by atoms with E-state index in [9.17, 15) is 17.6 Å². The number of hydrogen-bond donors (Lipinski definition) is 1. The number of anilines is 2. The molecule has 9 heteroatoms. The summed E-state index contributed by atoms with van der Waals surface area (Å²) in [5, 5.41) is 2.89. The lowest BCUT2D eigenvalue weighted by Crippen LogP contribution is -2.46. The van der Waals surface area contributed by atoms with E-state index in [-0.39, 0.29) is 16.6 Å². The largest absolute Gasteiger partial charge is 0.367 e. The number of benzene rings is 2. The zero-order valence-corrected chi connectivity index (χ0v) is 20.9. The zero-order chi connectivity index (χ0) is 24.8. The minimum atomic E-state index is -3.64. The molecular weight excluding hydrogens is 467 g/mol. The molecule has 2 aliphatic rings. The van der Waals surface area contributed by atoms with Gasteiger partial charge in [0.25, 0.3) is 0 Å². The van der Waals surface area contributed by atoms with Gasteiger partial charge in [0.1, 0.15) is 5.82 Å². The number of piperazine rings is 1. The van der Waals surface area contributed by atoms with E-state index >= 15 is 0 Å². The van der Waals surface area contributed by atoms with Gasteiger partial charge in [-0.05, 0) is 61.4 Å². The second kappa shape index (κ2) is 11.3. The van der Waals surface area contributed by atoms with E-state index in [1.807, 2.05) is 0 Å². The predicted octanol–water partition coefficient (Wildman–Crippen LogP) is 3.79. The van der Waals surface area contributed by atoms with Gasteiger partial charge in [-0.1, -0.05) is 25.5 Å². The Kier molecular flexibility index (Phi) is 8.20. The summed E-state index contributed by atoms with van der Waals surface area (Å²) in [5.41, 5.74) is 1.97. The summed E-state index contributed by atoms with van der Waals surface area (Å²) in [7, 11) is -3.64. The second-order valence-electron chi connectivity index (χ2n) is 8.94. The van der Waals surface area contributed by atoms with Crippen molar-refractivity contribution in [1.29, 1.82) is 0 Å². The summed E-state index contributed by atoms with van der Waals surface area (Å²) in [6.07, 6.45) is 5.73. The lowest BCUT2D eigenvalue weighted by molar-refractivity contribution is -0.111. The van der Waals surface area contributed by atoms with E-state index in [4.69, 9.17) is 0 Å². The van der Waals surface area contributed by atoms with Crippen LogP contribution in [0.15, 0.2) is 53.4 Å². The quantitative estimate of drug-likeness (QED) is 0.586. The Balaban J connectivity index is 1.60. The smallest absolute Gasteiger partial charge is 0.248 e. The lowest BCUT2D eigenvalue weighted by atomic mass is 10.2. The summed E-state index contributed by atoms with van der Waals surface area (Å²) in [6.45, 7) is 7.55. The fraction of sp³-hybridized carbons (Fsp3) is 0.423.